The summed E-state index contributed by atoms with van der Waals surface area (Å²) in [4.78, 5) is 46.6. The standard InChI is InChI=1S/C26H22F2N8O3/c1-34-17-7-16(20-15(23(34)38)3-2-4-18(20)39-24(27)28)22-21(17)33-26-32-10-14(11-36(22)26)13-8-30-25(31-9-13)35-6-5-29-19(37)12-35/h2-4,8-11,16-17,24H,5-7,12H2,1H3,(H,29,37). The fourth-order valence-corrected chi connectivity index (χ4v) is 5.81. The summed E-state index contributed by atoms with van der Waals surface area (Å²) in [6.45, 7) is -1.67. The molecule has 4 aromatic rings. The molecule has 1 N–H and O–H groups in total. The van der Waals surface area contributed by atoms with Crippen LogP contribution in [0.1, 0.15) is 45.7 Å². The molecule has 3 aliphatic rings. The fraction of sp³-hybridized carbons (Fsp3) is 0.308. The van der Waals surface area contributed by atoms with Gasteiger partial charge in [0.2, 0.25) is 17.6 Å². The first-order valence-corrected chi connectivity index (χ1v) is 12.5. The van der Waals surface area contributed by atoms with Crippen LogP contribution in [0, 0.1) is 0 Å². The first-order valence-electron chi connectivity index (χ1n) is 12.5. The van der Waals surface area contributed by atoms with Crippen molar-refractivity contribution in [2.24, 2.45) is 0 Å². The molecule has 2 aliphatic heterocycles. The Labute approximate surface area is 220 Å². The zero-order chi connectivity index (χ0) is 26.8. The average Bonchev–Trinajstić information content (AvgIpc) is 3.46. The van der Waals surface area contributed by atoms with Crippen LogP contribution in [0.5, 0.6) is 5.75 Å². The molecule has 198 valence electrons. The maximum atomic E-state index is 13.3. The van der Waals surface area contributed by atoms with Crippen molar-refractivity contribution in [2.75, 3.05) is 31.6 Å². The van der Waals surface area contributed by atoms with Crippen molar-refractivity contribution < 1.29 is 23.1 Å². The molecule has 2 bridgehead atoms. The molecule has 7 rings (SSSR count). The van der Waals surface area contributed by atoms with E-state index in [9.17, 15) is 18.4 Å². The summed E-state index contributed by atoms with van der Waals surface area (Å²) in [7, 11) is 1.70. The number of imidazole rings is 1. The summed E-state index contributed by atoms with van der Waals surface area (Å²) in [6, 6.07) is 4.33. The van der Waals surface area contributed by atoms with E-state index in [-0.39, 0.29) is 30.2 Å². The van der Waals surface area contributed by atoms with Gasteiger partial charge in [0.05, 0.1) is 24.0 Å². The molecule has 1 saturated heterocycles. The van der Waals surface area contributed by atoms with Gasteiger partial charge in [-0.1, -0.05) is 6.07 Å². The molecule has 13 heteroatoms. The van der Waals surface area contributed by atoms with Crippen LogP contribution in [0.4, 0.5) is 14.7 Å². The van der Waals surface area contributed by atoms with Crippen LogP contribution in [-0.2, 0) is 4.79 Å². The van der Waals surface area contributed by atoms with E-state index in [0.29, 0.717) is 53.6 Å². The first kappa shape index (κ1) is 23.4. The second kappa shape index (κ2) is 8.68. The molecule has 0 saturated carbocycles. The monoisotopic (exact) mass is 532 g/mol. The van der Waals surface area contributed by atoms with E-state index in [2.05, 4.69) is 20.3 Å². The molecule has 1 aromatic carbocycles. The predicted molar refractivity (Wildman–Crippen MR) is 134 cm³/mol. The molecule has 11 nitrogen and oxygen atoms in total. The number of nitrogens with zero attached hydrogens (tertiary/aromatic N) is 7. The number of benzene rings is 1. The number of halogens is 2. The Morgan fingerprint density at radius 3 is 2.67 bits per heavy atom. The zero-order valence-electron chi connectivity index (χ0n) is 20.7. The number of ether oxygens (including phenoxy) is 1. The number of amides is 2. The van der Waals surface area contributed by atoms with Gasteiger partial charge in [-0.05, 0) is 18.6 Å². The average molecular weight is 533 g/mol. The Balaban J connectivity index is 1.32. The molecule has 2 atom stereocenters. The van der Waals surface area contributed by atoms with Gasteiger partial charge in [0.1, 0.15) is 5.75 Å². The number of alkyl halides is 2. The molecule has 5 heterocycles. The second-order valence-electron chi connectivity index (χ2n) is 9.75. The minimum atomic E-state index is -3.03. The third-order valence-electron chi connectivity index (χ3n) is 7.59. The van der Waals surface area contributed by atoms with Crippen LogP contribution in [0.25, 0.3) is 16.9 Å². The van der Waals surface area contributed by atoms with Crippen LogP contribution >= 0.6 is 0 Å². The van der Waals surface area contributed by atoms with E-state index in [1.165, 1.54) is 6.07 Å². The fourth-order valence-electron chi connectivity index (χ4n) is 5.81. The van der Waals surface area contributed by atoms with Crippen molar-refractivity contribution in [2.45, 2.75) is 25.0 Å². The molecule has 2 amide bonds. The molecule has 1 aliphatic carbocycles. The van der Waals surface area contributed by atoms with E-state index in [4.69, 9.17) is 9.72 Å². The van der Waals surface area contributed by atoms with Gasteiger partial charge in [-0.3, -0.25) is 14.0 Å². The lowest BCUT2D eigenvalue weighted by atomic mass is 9.91. The lowest BCUT2D eigenvalue weighted by molar-refractivity contribution is -0.120. The van der Waals surface area contributed by atoms with E-state index in [0.717, 1.165) is 11.3 Å². The van der Waals surface area contributed by atoms with Crippen molar-refractivity contribution >= 4 is 23.5 Å². The van der Waals surface area contributed by atoms with Crippen molar-refractivity contribution in [3.8, 4) is 16.9 Å². The maximum absolute atomic E-state index is 13.3. The Morgan fingerprint density at radius 1 is 1.10 bits per heavy atom. The Kier molecular flexibility index (Phi) is 5.22. The topological polar surface area (TPSA) is 118 Å². The molecular formula is C26H22F2N8O3. The predicted octanol–water partition coefficient (Wildman–Crippen LogP) is 2.39. The minimum Gasteiger partial charge on any atom is -0.434 e. The number of carbonyl (C=O) groups is 2. The molecule has 2 unspecified atom stereocenters. The third kappa shape index (κ3) is 3.67. The lowest BCUT2D eigenvalue weighted by Gasteiger charge is -2.26. The number of anilines is 1. The highest BCUT2D eigenvalue weighted by molar-refractivity contribution is 5.98. The van der Waals surface area contributed by atoms with Gasteiger partial charge in [0, 0.05) is 73.1 Å². The summed E-state index contributed by atoms with van der Waals surface area (Å²) >= 11 is 0. The first-order chi connectivity index (χ1) is 18.9. The molecular weight excluding hydrogens is 510 g/mol. The summed E-state index contributed by atoms with van der Waals surface area (Å²) in [6.07, 6.45) is 7.38. The van der Waals surface area contributed by atoms with Crippen molar-refractivity contribution in [1.82, 2.24) is 34.6 Å². The number of nitrogens with one attached hydrogen (secondary N) is 1. The van der Waals surface area contributed by atoms with Gasteiger partial charge < -0.3 is 19.9 Å². The number of piperazine rings is 1. The SMILES string of the molecule is CN1C(=O)c2cccc(OC(F)F)c2C2CC1c1nc3ncc(-c4cnc(N5CCNC(=O)C5)nc4)cn3c12. The normalized spacial score (nSPS) is 20.2. The van der Waals surface area contributed by atoms with E-state index in [1.807, 2.05) is 15.5 Å². The Bertz CT molecular complexity index is 1640. The Hall–Kier alpha value is -4.68. The van der Waals surface area contributed by atoms with Gasteiger partial charge in [0.15, 0.2) is 0 Å². The van der Waals surface area contributed by atoms with Crippen LogP contribution in [0.3, 0.4) is 0 Å². The number of fused-ring (bicyclic) bond motifs is 9. The van der Waals surface area contributed by atoms with E-state index < -0.39 is 12.5 Å². The van der Waals surface area contributed by atoms with Gasteiger partial charge in [-0.15, -0.1) is 0 Å². The number of hydrogen-bond donors (Lipinski definition) is 1. The summed E-state index contributed by atoms with van der Waals surface area (Å²) in [5, 5.41) is 2.78. The van der Waals surface area contributed by atoms with Crippen LogP contribution in [-0.4, -0.2) is 74.3 Å². The number of carbonyl (C=O) groups excluding carboxylic acids is 2. The van der Waals surface area contributed by atoms with E-state index in [1.54, 1.807) is 42.7 Å². The van der Waals surface area contributed by atoms with Gasteiger partial charge in [0.25, 0.3) is 5.91 Å². The van der Waals surface area contributed by atoms with E-state index >= 15 is 0 Å². The van der Waals surface area contributed by atoms with Crippen molar-refractivity contribution in [1.29, 1.82) is 0 Å². The van der Waals surface area contributed by atoms with Crippen LogP contribution in [0.15, 0.2) is 43.0 Å². The summed E-state index contributed by atoms with van der Waals surface area (Å²) in [5.41, 5.74) is 3.68. The number of rotatable bonds is 4. The highest BCUT2D eigenvalue weighted by atomic mass is 19.3. The molecule has 3 aromatic heterocycles. The van der Waals surface area contributed by atoms with Gasteiger partial charge in [-0.2, -0.15) is 8.78 Å². The second-order valence-corrected chi connectivity index (χ2v) is 9.75. The van der Waals surface area contributed by atoms with Gasteiger partial charge in [-0.25, -0.2) is 19.9 Å². The highest BCUT2D eigenvalue weighted by Gasteiger charge is 2.46. The molecule has 39 heavy (non-hydrogen) atoms. The molecule has 0 spiro atoms. The lowest BCUT2D eigenvalue weighted by Crippen LogP contribution is -2.48. The Morgan fingerprint density at radius 2 is 1.90 bits per heavy atom. The third-order valence-corrected chi connectivity index (χ3v) is 7.59. The van der Waals surface area contributed by atoms with Crippen LogP contribution < -0.4 is 15.0 Å². The largest absolute Gasteiger partial charge is 0.434 e. The van der Waals surface area contributed by atoms with Crippen LogP contribution in [0.2, 0.25) is 0 Å². The number of aromatic nitrogens is 5. The highest BCUT2D eigenvalue weighted by Crippen LogP contribution is 2.52. The number of hydrogen-bond acceptors (Lipinski definition) is 8. The molecule has 1 fully saturated rings. The quantitative estimate of drug-likeness (QED) is 0.426. The summed E-state index contributed by atoms with van der Waals surface area (Å²) < 4.78 is 33.4. The van der Waals surface area contributed by atoms with Gasteiger partial charge >= 0.3 is 6.61 Å². The molecule has 0 radical (unpaired) electrons. The summed E-state index contributed by atoms with van der Waals surface area (Å²) in [5.74, 6) is 0.141. The zero-order valence-corrected chi connectivity index (χ0v) is 20.7. The van der Waals surface area contributed by atoms with Crippen molar-refractivity contribution in [3.63, 3.8) is 0 Å². The minimum absolute atomic E-state index is 0.0165. The smallest absolute Gasteiger partial charge is 0.387 e. The maximum Gasteiger partial charge on any atom is 0.387 e. The van der Waals surface area contributed by atoms with Crippen molar-refractivity contribution in [3.05, 3.63) is 65.5 Å².